The summed E-state index contributed by atoms with van der Waals surface area (Å²) in [7, 11) is -2.82. The molecule has 0 heterocycles. The fraction of sp³-hybridized carbons (Fsp3) is 0.545. The van der Waals surface area contributed by atoms with Gasteiger partial charge in [0.25, 0.3) is 0 Å². The van der Waals surface area contributed by atoms with E-state index in [4.69, 9.17) is 17.3 Å². The third kappa shape index (κ3) is 8.60. The van der Waals surface area contributed by atoms with E-state index in [0.29, 0.717) is 21.4 Å². The second kappa shape index (κ2) is 10.5. The first kappa shape index (κ1) is 17.5. The number of unbranched alkanes of at least 4 members (excludes halogenated alkanes) is 3. The van der Waals surface area contributed by atoms with Gasteiger partial charge in [-0.2, -0.15) is 4.40 Å². The Kier molecular flexibility index (Phi) is 10.2. The van der Waals surface area contributed by atoms with Crippen molar-refractivity contribution in [2.45, 2.75) is 39.0 Å². The van der Waals surface area contributed by atoms with Gasteiger partial charge in [-0.25, -0.2) is 8.42 Å². The lowest BCUT2D eigenvalue weighted by molar-refractivity contribution is 0.616. The van der Waals surface area contributed by atoms with Gasteiger partial charge in [0.1, 0.15) is 0 Å². The number of rotatable bonds is 9. The summed E-state index contributed by atoms with van der Waals surface area (Å²) in [4.78, 5) is 0.547. The second-order valence-electron chi connectivity index (χ2n) is 3.58. The summed E-state index contributed by atoms with van der Waals surface area (Å²) in [5.74, 6) is 0. The molecule has 0 bridgehead atoms. The smallest absolute Gasteiger partial charge is 0.243 e. The van der Waals surface area contributed by atoms with Crippen molar-refractivity contribution in [1.82, 2.24) is 0 Å². The van der Waals surface area contributed by atoms with Crippen LogP contribution in [-0.4, -0.2) is 14.1 Å². The zero-order valence-corrected chi connectivity index (χ0v) is 12.9. The van der Waals surface area contributed by atoms with Crippen molar-refractivity contribution in [2.75, 3.05) is 0 Å². The lowest BCUT2D eigenvalue weighted by Gasteiger charge is -2.08. The Bertz CT molecular complexity index is 396. The monoisotopic (exact) mass is 310 g/mol. The highest BCUT2D eigenvalue weighted by Crippen LogP contribution is 2.28. The summed E-state index contributed by atoms with van der Waals surface area (Å²) in [5.41, 5.74) is 5.92. The van der Waals surface area contributed by atoms with E-state index in [2.05, 4.69) is 17.9 Å². The number of nitrogens with two attached hydrogens (primary N) is 1. The van der Waals surface area contributed by atoms with Gasteiger partial charge in [-0.1, -0.05) is 56.1 Å². The molecule has 0 saturated heterocycles. The first-order valence-corrected chi connectivity index (χ1v) is 8.00. The molecule has 0 aromatic carbocycles. The van der Waals surface area contributed by atoms with Crippen molar-refractivity contribution in [2.24, 2.45) is 10.1 Å². The largest absolute Gasteiger partial charge is 0.404 e. The summed E-state index contributed by atoms with van der Waals surface area (Å²) >= 11 is 6.80. The van der Waals surface area contributed by atoms with Crippen molar-refractivity contribution in [1.29, 1.82) is 0 Å². The van der Waals surface area contributed by atoms with Gasteiger partial charge in [0, 0.05) is 6.20 Å². The van der Waals surface area contributed by atoms with E-state index in [1.54, 1.807) is 0 Å². The highest BCUT2D eigenvalue weighted by Gasteiger charge is 2.09. The molecule has 0 aromatic rings. The SMILES string of the molecule is C=C(Cl)SC(=C\N)/C(CCCCCC)=N/[SH](=O)=O. The van der Waals surface area contributed by atoms with E-state index in [1.807, 2.05) is 0 Å². The average Bonchev–Trinajstić information content (AvgIpc) is 2.29. The average molecular weight is 311 g/mol. The molecular weight excluding hydrogens is 292 g/mol. The maximum absolute atomic E-state index is 10.7. The summed E-state index contributed by atoms with van der Waals surface area (Å²) < 4.78 is 25.4. The van der Waals surface area contributed by atoms with Crippen LogP contribution in [0.4, 0.5) is 0 Å². The van der Waals surface area contributed by atoms with Crippen LogP contribution in [0.2, 0.25) is 0 Å². The minimum Gasteiger partial charge on any atom is -0.404 e. The van der Waals surface area contributed by atoms with Crippen molar-refractivity contribution >= 4 is 40.0 Å². The molecule has 2 N–H and O–H groups in total. The Morgan fingerprint density at radius 3 is 2.56 bits per heavy atom. The normalized spacial score (nSPS) is 13.1. The van der Waals surface area contributed by atoms with Crippen molar-refractivity contribution < 1.29 is 8.42 Å². The van der Waals surface area contributed by atoms with E-state index in [9.17, 15) is 8.42 Å². The molecule has 0 unspecified atom stereocenters. The Hall–Kier alpha value is -0.460. The van der Waals surface area contributed by atoms with Crippen LogP contribution in [0.25, 0.3) is 0 Å². The zero-order valence-electron chi connectivity index (χ0n) is 10.4. The number of hydrogen-bond donors (Lipinski definition) is 2. The Balaban J connectivity index is 4.71. The first-order chi connectivity index (χ1) is 8.51. The lowest BCUT2D eigenvalue weighted by Crippen LogP contribution is -2.03. The Morgan fingerprint density at radius 1 is 1.44 bits per heavy atom. The van der Waals surface area contributed by atoms with Crippen molar-refractivity contribution in [3.63, 3.8) is 0 Å². The third-order valence-corrected chi connectivity index (χ3v) is 3.58. The van der Waals surface area contributed by atoms with Crippen LogP contribution in [-0.2, 0) is 10.9 Å². The molecule has 0 aromatic heterocycles. The predicted molar refractivity (Wildman–Crippen MR) is 81.4 cm³/mol. The van der Waals surface area contributed by atoms with E-state index in [-0.39, 0.29) is 0 Å². The van der Waals surface area contributed by atoms with Gasteiger partial charge in [0.05, 0.1) is 15.0 Å². The Morgan fingerprint density at radius 2 is 2.11 bits per heavy atom. The standard InChI is InChI=1S/C11H19ClN2O2S2/c1-3-4-5-6-7-10(14-18(15)16)11(8-13)17-9(2)12/h8,18H,2-7,13H2,1H3/b11-8-,14-10+. The van der Waals surface area contributed by atoms with Crippen LogP contribution >= 0.6 is 23.4 Å². The Labute approximate surface area is 119 Å². The maximum Gasteiger partial charge on any atom is 0.243 e. The van der Waals surface area contributed by atoms with Gasteiger partial charge in [-0.05, 0) is 12.8 Å². The van der Waals surface area contributed by atoms with Crippen molar-refractivity contribution in [3.05, 3.63) is 22.0 Å². The van der Waals surface area contributed by atoms with Gasteiger partial charge in [-0.3, -0.25) is 0 Å². The van der Waals surface area contributed by atoms with Gasteiger partial charge in [0.2, 0.25) is 10.9 Å². The summed E-state index contributed by atoms with van der Waals surface area (Å²) in [6, 6.07) is 0. The van der Waals surface area contributed by atoms with Gasteiger partial charge in [-0.15, -0.1) is 0 Å². The zero-order chi connectivity index (χ0) is 14.0. The molecule has 0 rings (SSSR count). The van der Waals surface area contributed by atoms with Crippen LogP contribution < -0.4 is 5.73 Å². The molecule has 0 fully saturated rings. The molecule has 0 saturated carbocycles. The highest BCUT2D eigenvalue weighted by molar-refractivity contribution is 8.09. The topological polar surface area (TPSA) is 72.5 Å². The van der Waals surface area contributed by atoms with E-state index in [0.717, 1.165) is 37.4 Å². The van der Waals surface area contributed by atoms with E-state index < -0.39 is 10.9 Å². The molecule has 0 aliphatic rings. The molecule has 0 aliphatic carbocycles. The summed E-state index contributed by atoms with van der Waals surface area (Å²) in [6.07, 6.45) is 6.04. The predicted octanol–water partition coefficient (Wildman–Crippen LogP) is 3.17. The van der Waals surface area contributed by atoms with Crippen LogP contribution in [0.5, 0.6) is 0 Å². The van der Waals surface area contributed by atoms with Crippen LogP contribution in [0.1, 0.15) is 39.0 Å². The number of allylic oxidation sites excluding steroid dienone is 1. The van der Waals surface area contributed by atoms with Gasteiger partial charge >= 0.3 is 0 Å². The second-order valence-corrected chi connectivity index (χ2v) is 6.08. The lowest BCUT2D eigenvalue weighted by atomic mass is 10.1. The number of thiol groups is 1. The van der Waals surface area contributed by atoms with Crippen molar-refractivity contribution in [3.8, 4) is 0 Å². The fourth-order valence-corrected chi connectivity index (χ4v) is 2.64. The number of hydrogen-bond acceptors (Lipinski definition) is 4. The van der Waals surface area contributed by atoms with E-state index >= 15 is 0 Å². The number of nitrogens with zero attached hydrogens (tertiary/aromatic N) is 1. The molecule has 0 radical (unpaired) electrons. The quantitative estimate of drug-likeness (QED) is 0.390. The first-order valence-electron chi connectivity index (χ1n) is 5.67. The molecule has 0 aliphatic heterocycles. The van der Waals surface area contributed by atoms with Crippen LogP contribution in [0.15, 0.2) is 26.4 Å². The summed E-state index contributed by atoms with van der Waals surface area (Å²) in [6.45, 7) is 5.65. The van der Waals surface area contributed by atoms with Gasteiger partial charge < -0.3 is 5.73 Å². The van der Waals surface area contributed by atoms with E-state index in [1.165, 1.54) is 6.20 Å². The maximum atomic E-state index is 10.7. The molecule has 4 nitrogen and oxygen atoms in total. The molecule has 0 spiro atoms. The minimum absolute atomic E-state index is 0.328. The minimum atomic E-state index is -2.82. The molecule has 7 heteroatoms. The van der Waals surface area contributed by atoms with Gasteiger partial charge in [0.15, 0.2) is 0 Å². The number of halogens is 1. The fourth-order valence-electron chi connectivity index (χ4n) is 1.35. The molecular formula is C11H19ClN2O2S2. The highest BCUT2D eigenvalue weighted by atomic mass is 35.5. The number of thioether (sulfide) groups is 1. The molecule has 104 valence electrons. The molecule has 18 heavy (non-hydrogen) atoms. The third-order valence-electron chi connectivity index (χ3n) is 2.13. The molecule has 0 amide bonds. The van der Waals surface area contributed by atoms with Crippen LogP contribution in [0, 0.1) is 0 Å². The summed E-state index contributed by atoms with van der Waals surface area (Å²) in [5, 5.41) is 0. The molecule has 0 atom stereocenters. The van der Waals surface area contributed by atoms with Crippen LogP contribution in [0.3, 0.4) is 0 Å².